The zero-order chi connectivity index (χ0) is 16.0. The molecular formula is C14H18F2N2OS2. The summed E-state index contributed by atoms with van der Waals surface area (Å²) in [4.78, 5) is 14.0. The highest BCUT2D eigenvalue weighted by Gasteiger charge is 2.19. The van der Waals surface area contributed by atoms with E-state index in [4.69, 9.17) is 12.2 Å². The molecule has 0 spiro atoms. The second-order valence-corrected chi connectivity index (χ2v) is 6.29. The van der Waals surface area contributed by atoms with Gasteiger partial charge in [0.2, 0.25) is 5.91 Å². The molecule has 3 nitrogen and oxygen atoms in total. The van der Waals surface area contributed by atoms with Crippen LogP contribution in [0.25, 0.3) is 0 Å². The summed E-state index contributed by atoms with van der Waals surface area (Å²) in [6.45, 7) is 7.14. The summed E-state index contributed by atoms with van der Waals surface area (Å²) in [5, 5.41) is 1.88. The molecule has 1 unspecified atom stereocenters. The van der Waals surface area contributed by atoms with Crippen LogP contribution in [0.15, 0.2) is 18.2 Å². The summed E-state index contributed by atoms with van der Waals surface area (Å²) in [6, 6.07) is 2.93. The Morgan fingerprint density at radius 1 is 1.38 bits per heavy atom. The SMILES string of the molecule is CCN(CC)C(=S)SC(C)C(=O)Nc1cc(F)ccc1F. The molecule has 0 heterocycles. The van der Waals surface area contributed by atoms with Crippen LogP contribution in [-0.4, -0.2) is 33.5 Å². The number of hydrogen-bond donors (Lipinski definition) is 1. The maximum atomic E-state index is 13.5. The third kappa shape index (κ3) is 5.24. The normalized spacial score (nSPS) is 11.9. The lowest BCUT2D eigenvalue weighted by Crippen LogP contribution is -2.31. The lowest BCUT2D eigenvalue weighted by Gasteiger charge is -2.22. The minimum absolute atomic E-state index is 0.166. The van der Waals surface area contributed by atoms with Gasteiger partial charge in [0.1, 0.15) is 16.0 Å². The molecule has 0 fully saturated rings. The van der Waals surface area contributed by atoms with Crippen molar-refractivity contribution < 1.29 is 13.6 Å². The van der Waals surface area contributed by atoms with Crippen LogP contribution < -0.4 is 5.32 Å². The number of amides is 1. The summed E-state index contributed by atoms with van der Waals surface area (Å²) < 4.78 is 27.1. The van der Waals surface area contributed by atoms with Crippen LogP contribution in [-0.2, 0) is 4.79 Å². The van der Waals surface area contributed by atoms with Crippen molar-refractivity contribution in [3.05, 3.63) is 29.8 Å². The van der Waals surface area contributed by atoms with Gasteiger partial charge in [-0.3, -0.25) is 4.79 Å². The van der Waals surface area contributed by atoms with Crippen molar-refractivity contribution in [3.8, 4) is 0 Å². The van der Waals surface area contributed by atoms with E-state index in [2.05, 4.69) is 5.32 Å². The summed E-state index contributed by atoms with van der Waals surface area (Å²) in [5.41, 5.74) is -0.166. The molecule has 1 N–H and O–H groups in total. The molecular weight excluding hydrogens is 314 g/mol. The van der Waals surface area contributed by atoms with Gasteiger partial charge in [0.05, 0.1) is 10.9 Å². The number of anilines is 1. The molecule has 7 heteroatoms. The molecule has 0 saturated heterocycles. The standard InChI is InChI=1S/C14H18F2N2OS2/c1-4-18(5-2)14(20)21-9(3)13(19)17-12-8-10(15)6-7-11(12)16/h6-9H,4-5H2,1-3H3,(H,17,19). The number of hydrogen-bond acceptors (Lipinski definition) is 3. The van der Waals surface area contributed by atoms with E-state index in [1.54, 1.807) is 6.92 Å². The Morgan fingerprint density at radius 2 is 2.00 bits per heavy atom. The summed E-state index contributed by atoms with van der Waals surface area (Å²) in [5.74, 6) is -1.70. The van der Waals surface area contributed by atoms with Crippen LogP contribution in [0.4, 0.5) is 14.5 Å². The molecule has 1 atom stereocenters. The van der Waals surface area contributed by atoms with Crippen LogP contribution in [0, 0.1) is 11.6 Å². The molecule has 0 aliphatic carbocycles. The lowest BCUT2D eigenvalue weighted by molar-refractivity contribution is -0.115. The van der Waals surface area contributed by atoms with Crippen molar-refractivity contribution in [2.24, 2.45) is 0 Å². The maximum absolute atomic E-state index is 13.5. The number of rotatable bonds is 5. The lowest BCUT2D eigenvalue weighted by atomic mass is 10.3. The third-order valence-electron chi connectivity index (χ3n) is 2.85. The Bertz CT molecular complexity index is 522. The number of nitrogens with one attached hydrogen (secondary N) is 1. The summed E-state index contributed by atoms with van der Waals surface area (Å²) in [6.07, 6.45) is 0. The molecule has 21 heavy (non-hydrogen) atoms. The minimum atomic E-state index is -0.673. The maximum Gasteiger partial charge on any atom is 0.237 e. The van der Waals surface area contributed by atoms with Gasteiger partial charge in [-0.15, -0.1) is 0 Å². The first-order chi connectivity index (χ1) is 9.88. The molecule has 0 aliphatic heterocycles. The molecule has 116 valence electrons. The Morgan fingerprint density at radius 3 is 2.57 bits per heavy atom. The molecule has 0 aliphatic rings. The number of halogens is 2. The average Bonchev–Trinajstić information content (AvgIpc) is 2.44. The fourth-order valence-electron chi connectivity index (χ4n) is 1.59. The van der Waals surface area contributed by atoms with Crippen LogP contribution >= 0.6 is 24.0 Å². The van der Waals surface area contributed by atoms with Crippen LogP contribution in [0.3, 0.4) is 0 Å². The van der Waals surface area contributed by atoms with Crippen molar-refractivity contribution >= 4 is 39.9 Å². The molecule has 0 radical (unpaired) electrons. The highest BCUT2D eigenvalue weighted by atomic mass is 32.2. The Balaban J connectivity index is 2.66. The zero-order valence-corrected chi connectivity index (χ0v) is 13.8. The van der Waals surface area contributed by atoms with Crippen LogP contribution in [0.1, 0.15) is 20.8 Å². The highest BCUT2D eigenvalue weighted by molar-refractivity contribution is 8.23. The van der Waals surface area contributed by atoms with Gasteiger partial charge in [-0.25, -0.2) is 8.78 Å². The van der Waals surface area contributed by atoms with Crippen molar-refractivity contribution in [1.82, 2.24) is 4.90 Å². The Hall–Kier alpha value is -1.21. The fourth-order valence-corrected chi connectivity index (χ4v) is 3.16. The third-order valence-corrected chi connectivity index (χ3v) is 4.43. The number of carbonyl (C=O) groups excluding carboxylic acids is 1. The van der Waals surface area contributed by atoms with Crippen molar-refractivity contribution in [1.29, 1.82) is 0 Å². The first-order valence-electron chi connectivity index (χ1n) is 6.60. The van der Waals surface area contributed by atoms with E-state index in [0.29, 0.717) is 4.32 Å². The van der Waals surface area contributed by atoms with Gasteiger partial charge in [-0.2, -0.15) is 0 Å². The molecule has 0 aromatic heterocycles. The molecule has 0 bridgehead atoms. The number of benzene rings is 1. The first-order valence-corrected chi connectivity index (χ1v) is 7.89. The highest BCUT2D eigenvalue weighted by Crippen LogP contribution is 2.20. The molecule has 1 aromatic carbocycles. The predicted molar refractivity (Wildman–Crippen MR) is 87.6 cm³/mol. The van der Waals surface area contributed by atoms with Gasteiger partial charge >= 0.3 is 0 Å². The largest absolute Gasteiger partial charge is 0.358 e. The van der Waals surface area contributed by atoms with E-state index in [0.717, 1.165) is 31.3 Å². The number of thioether (sulfide) groups is 1. The van der Waals surface area contributed by atoms with E-state index in [1.807, 2.05) is 18.7 Å². The Labute approximate surface area is 133 Å². The van der Waals surface area contributed by atoms with Crippen molar-refractivity contribution in [3.63, 3.8) is 0 Å². The van der Waals surface area contributed by atoms with Gasteiger partial charge in [0, 0.05) is 19.2 Å². The van der Waals surface area contributed by atoms with Gasteiger partial charge in [-0.1, -0.05) is 24.0 Å². The molecule has 0 saturated carbocycles. The molecule has 1 rings (SSSR count). The summed E-state index contributed by atoms with van der Waals surface area (Å²) in [7, 11) is 0. The van der Waals surface area contributed by atoms with Gasteiger partial charge in [0.15, 0.2) is 0 Å². The first kappa shape index (κ1) is 17.8. The monoisotopic (exact) mass is 332 g/mol. The quantitative estimate of drug-likeness (QED) is 0.834. The van der Waals surface area contributed by atoms with E-state index in [9.17, 15) is 13.6 Å². The molecule has 1 aromatic rings. The Kier molecular flexibility index (Phi) is 7.04. The number of carbonyl (C=O) groups is 1. The zero-order valence-electron chi connectivity index (χ0n) is 12.2. The second kappa shape index (κ2) is 8.29. The van der Waals surface area contributed by atoms with Crippen LogP contribution in [0.2, 0.25) is 0 Å². The predicted octanol–water partition coefficient (Wildman–Crippen LogP) is 3.65. The number of thiocarbonyl (C=S) groups is 1. The van der Waals surface area contributed by atoms with E-state index < -0.39 is 22.8 Å². The molecule has 1 amide bonds. The van der Waals surface area contributed by atoms with Gasteiger partial charge < -0.3 is 10.2 Å². The topological polar surface area (TPSA) is 32.3 Å². The fraction of sp³-hybridized carbons (Fsp3) is 0.429. The second-order valence-electron chi connectivity index (χ2n) is 4.31. The van der Waals surface area contributed by atoms with Crippen molar-refractivity contribution in [2.45, 2.75) is 26.0 Å². The smallest absolute Gasteiger partial charge is 0.237 e. The van der Waals surface area contributed by atoms with Gasteiger partial charge in [0.25, 0.3) is 0 Å². The minimum Gasteiger partial charge on any atom is -0.358 e. The summed E-state index contributed by atoms with van der Waals surface area (Å²) >= 11 is 6.48. The van der Waals surface area contributed by atoms with E-state index >= 15 is 0 Å². The van der Waals surface area contributed by atoms with Crippen LogP contribution in [0.5, 0.6) is 0 Å². The average molecular weight is 332 g/mol. The van der Waals surface area contributed by atoms with Crippen molar-refractivity contribution in [2.75, 3.05) is 18.4 Å². The van der Waals surface area contributed by atoms with Gasteiger partial charge in [-0.05, 0) is 32.9 Å². The van der Waals surface area contributed by atoms with E-state index in [1.165, 1.54) is 11.8 Å². The number of nitrogens with zero attached hydrogens (tertiary/aromatic N) is 1. The van der Waals surface area contributed by atoms with E-state index in [-0.39, 0.29) is 5.69 Å².